The van der Waals surface area contributed by atoms with Gasteiger partial charge in [0.1, 0.15) is 0 Å². The monoisotopic (exact) mass is 401 g/mol. The number of esters is 1. The molecule has 1 aromatic heterocycles. The molecule has 150 valence electrons. The topological polar surface area (TPSA) is 81.2 Å². The van der Waals surface area contributed by atoms with Crippen molar-refractivity contribution in [3.8, 4) is 0 Å². The molecular weight excluding hydrogens is 374 g/mol. The van der Waals surface area contributed by atoms with Gasteiger partial charge in [-0.25, -0.2) is 14.8 Å². The maximum atomic E-state index is 12.5. The van der Waals surface area contributed by atoms with Crippen LogP contribution < -0.4 is 5.32 Å². The molecule has 28 heavy (non-hydrogen) atoms. The van der Waals surface area contributed by atoms with Crippen LogP contribution in [0, 0.1) is 13.8 Å². The highest BCUT2D eigenvalue weighted by Crippen LogP contribution is 2.22. The summed E-state index contributed by atoms with van der Waals surface area (Å²) in [6.07, 6.45) is 0.785. The number of thioether (sulfide) groups is 1. The van der Waals surface area contributed by atoms with E-state index >= 15 is 0 Å². The summed E-state index contributed by atoms with van der Waals surface area (Å²) in [7, 11) is 0. The summed E-state index contributed by atoms with van der Waals surface area (Å²) in [6, 6.07) is 9.13. The van der Waals surface area contributed by atoms with Gasteiger partial charge in [0.2, 0.25) is 0 Å². The molecule has 0 bridgehead atoms. The SMILES string of the molecule is CCC(C)(C)NC(=O)COC(=O)c1ccccc1CSc1nc(C)cc(C)n1. The van der Waals surface area contributed by atoms with E-state index < -0.39 is 5.97 Å². The molecule has 2 aromatic rings. The van der Waals surface area contributed by atoms with E-state index in [9.17, 15) is 9.59 Å². The first-order chi connectivity index (χ1) is 13.2. The summed E-state index contributed by atoms with van der Waals surface area (Å²) in [5.74, 6) is -0.291. The number of amides is 1. The maximum absolute atomic E-state index is 12.5. The van der Waals surface area contributed by atoms with Crippen molar-refractivity contribution in [2.45, 2.75) is 57.5 Å². The van der Waals surface area contributed by atoms with Gasteiger partial charge < -0.3 is 10.1 Å². The van der Waals surface area contributed by atoms with Crippen LogP contribution in [0.25, 0.3) is 0 Å². The smallest absolute Gasteiger partial charge is 0.338 e. The minimum atomic E-state index is -0.512. The predicted octanol–water partition coefficient (Wildman–Crippen LogP) is 3.85. The Labute approximate surface area is 170 Å². The molecule has 1 aromatic carbocycles. The highest BCUT2D eigenvalue weighted by Gasteiger charge is 2.20. The second-order valence-electron chi connectivity index (χ2n) is 7.24. The number of ether oxygens (including phenoxy) is 1. The molecule has 6 nitrogen and oxygen atoms in total. The van der Waals surface area contributed by atoms with Crippen LogP contribution in [-0.4, -0.2) is 34.0 Å². The van der Waals surface area contributed by atoms with E-state index in [1.165, 1.54) is 11.8 Å². The number of hydrogen-bond acceptors (Lipinski definition) is 6. The van der Waals surface area contributed by atoms with Crippen molar-refractivity contribution < 1.29 is 14.3 Å². The molecule has 0 spiro atoms. The van der Waals surface area contributed by atoms with E-state index in [1.54, 1.807) is 12.1 Å². The van der Waals surface area contributed by atoms with E-state index in [2.05, 4.69) is 15.3 Å². The number of carbonyl (C=O) groups excluding carboxylic acids is 2. The number of nitrogens with zero attached hydrogens (tertiary/aromatic N) is 2. The van der Waals surface area contributed by atoms with Gasteiger partial charge >= 0.3 is 5.97 Å². The molecule has 2 rings (SSSR count). The van der Waals surface area contributed by atoms with E-state index in [-0.39, 0.29) is 18.1 Å². The van der Waals surface area contributed by atoms with Crippen molar-refractivity contribution in [3.63, 3.8) is 0 Å². The van der Waals surface area contributed by atoms with Crippen molar-refractivity contribution in [2.24, 2.45) is 0 Å². The average Bonchev–Trinajstić information content (AvgIpc) is 2.63. The Morgan fingerprint density at radius 1 is 1.14 bits per heavy atom. The number of hydrogen-bond donors (Lipinski definition) is 1. The van der Waals surface area contributed by atoms with Crippen LogP contribution in [0.15, 0.2) is 35.5 Å². The third kappa shape index (κ3) is 6.64. The van der Waals surface area contributed by atoms with E-state index in [0.29, 0.717) is 16.5 Å². The van der Waals surface area contributed by atoms with Crippen LogP contribution in [0.3, 0.4) is 0 Å². The Kier molecular flexibility index (Phi) is 7.57. The lowest BCUT2D eigenvalue weighted by Gasteiger charge is -2.24. The third-order valence-electron chi connectivity index (χ3n) is 4.25. The second kappa shape index (κ2) is 9.68. The second-order valence-corrected chi connectivity index (χ2v) is 8.18. The normalized spacial score (nSPS) is 11.2. The Morgan fingerprint density at radius 2 is 1.79 bits per heavy atom. The van der Waals surface area contributed by atoms with Crippen molar-refractivity contribution >= 4 is 23.6 Å². The minimum Gasteiger partial charge on any atom is -0.452 e. The van der Waals surface area contributed by atoms with Gasteiger partial charge in [-0.1, -0.05) is 36.9 Å². The van der Waals surface area contributed by atoms with Crippen LogP contribution in [0.1, 0.15) is 54.5 Å². The van der Waals surface area contributed by atoms with Crippen molar-refractivity contribution in [3.05, 3.63) is 52.8 Å². The van der Waals surface area contributed by atoms with Crippen molar-refractivity contribution in [1.82, 2.24) is 15.3 Å². The predicted molar refractivity (Wildman–Crippen MR) is 110 cm³/mol. The zero-order valence-electron chi connectivity index (χ0n) is 17.0. The molecule has 7 heteroatoms. The number of benzene rings is 1. The quantitative estimate of drug-likeness (QED) is 0.411. The van der Waals surface area contributed by atoms with Crippen LogP contribution in [-0.2, 0) is 15.3 Å². The maximum Gasteiger partial charge on any atom is 0.338 e. The van der Waals surface area contributed by atoms with Gasteiger partial charge in [0.15, 0.2) is 11.8 Å². The highest BCUT2D eigenvalue weighted by atomic mass is 32.2. The molecular formula is C21H27N3O3S. The number of rotatable bonds is 8. The Hall–Kier alpha value is -2.41. The molecule has 0 atom stereocenters. The summed E-state index contributed by atoms with van der Waals surface area (Å²) in [6.45, 7) is 9.38. The summed E-state index contributed by atoms with van der Waals surface area (Å²) in [4.78, 5) is 33.3. The van der Waals surface area contributed by atoms with Crippen LogP contribution in [0.5, 0.6) is 0 Å². The fraction of sp³-hybridized carbons (Fsp3) is 0.429. The first-order valence-electron chi connectivity index (χ1n) is 9.21. The molecule has 1 heterocycles. The van der Waals surface area contributed by atoms with E-state index in [0.717, 1.165) is 23.4 Å². The Balaban J connectivity index is 2.00. The minimum absolute atomic E-state index is 0.302. The van der Waals surface area contributed by atoms with Crippen molar-refractivity contribution in [1.29, 1.82) is 0 Å². The number of aryl methyl sites for hydroxylation is 2. The summed E-state index contributed by atoms with van der Waals surface area (Å²) >= 11 is 1.46. The van der Waals surface area contributed by atoms with Gasteiger partial charge in [0.25, 0.3) is 5.91 Å². The van der Waals surface area contributed by atoms with Gasteiger partial charge in [-0.2, -0.15) is 0 Å². The van der Waals surface area contributed by atoms with Crippen LogP contribution in [0.2, 0.25) is 0 Å². The first kappa shape index (κ1) is 21.9. The fourth-order valence-electron chi connectivity index (χ4n) is 2.46. The van der Waals surface area contributed by atoms with Gasteiger partial charge in [-0.3, -0.25) is 4.79 Å². The molecule has 0 saturated carbocycles. The molecule has 0 radical (unpaired) electrons. The van der Waals surface area contributed by atoms with Crippen LogP contribution in [0.4, 0.5) is 0 Å². The Bertz CT molecular complexity index is 832. The number of nitrogens with one attached hydrogen (secondary N) is 1. The van der Waals surface area contributed by atoms with E-state index in [1.807, 2.05) is 52.8 Å². The lowest BCUT2D eigenvalue weighted by atomic mass is 10.0. The molecule has 0 fully saturated rings. The fourth-order valence-corrected chi connectivity index (χ4v) is 3.41. The molecule has 1 N–H and O–H groups in total. The standard InChI is InChI=1S/C21H27N3O3S/c1-6-21(4,5)24-18(25)12-27-19(26)17-10-8-7-9-16(17)13-28-20-22-14(2)11-15(3)23-20/h7-11H,6,12-13H2,1-5H3,(H,24,25). The third-order valence-corrected chi connectivity index (χ3v) is 5.15. The first-order valence-corrected chi connectivity index (χ1v) is 10.2. The highest BCUT2D eigenvalue weighted by molar-refractivity contribution is 7.98. The molecule has 1 amide bonds. The molecule has 0 aliphatic rings. The number of carbonyl (C=O) groups is 2. The molecule has 0 aliphatic heterocycles. The Morgan fingerprint density at radius 3 is 2.43 bits per heavy atom. The summed E-state index contributed by atoms with van der Waals surface area (Å²) < 4.78 is 5.22. The number of aromatic nitrogens is 2. The molecule has 0 unspecified atom stereocenters. The molecule has 0 aliphatic carbocycles. The van der Waals surface area contributed by atoms with Crippen LogP contribution >= 0.6 is 11.8 Å². The largest absolute Gasteiger partial charge is 0.452 e. The van der Waals surface area contributed by atoms with Gasteiger partial charge in [-0.15, -0.1) is 0 Å². The summed E-state index contributed by atoms with van der Waals surface area (Å²) in [5.41, 5.74) is 2.74. The van der Waals surface area contributed by atoms with Gasteiger partial charge in [-0.05, 0) is 51.8 Å². The van der Waals surface area contributed by atoms with Gasteiger partial charge in [0, 0.05) is 22.7 Å². The lowest BCUT2D eigenvalue weighted by Crippen LogP contribution is -2.44. The molecule has 0 saturated heterocycles. The van der Waals surface area contributed by atoms with E-state index in [4.69, 9.17) is 4.74 Å². The lowest BCUT2D eigenvalue weighted by molar-refractivity contribution is -0.125. The zero-order chi connectivity index (χ0) is 20.7. The zero-order valence-corrected chi connectivity index (χ0v) is 17.9. The van der Waals surface area contributed by atoms with Gasteiger partial charge in [0.05, 0.1) is 5.56 Å². The van der Waals surface area contributed by atoms with Crippen molar-refractivity contribution in [2.75, 3.05) is 6.61 Å². The average molecular weight is 402 g/mol. The summed E-state index contributed by atoms with van der Waals surface area (Å²) in [5, 5.41) is 3.52.